The molecule has 9 heteroatoms. The molecule has 1 aliphatic heterocycles. The minimum atomic E-state index is -4.39. The van der Waals surface area contributed by atoms with Crippen molar-refractivity contribution in [1.29, 1.82) is 0 Å². The zero-order valence-electron chi connectivity index (χ0n) is 14.6. The van der Waals surface area contributed by atoms with Crippen LogP contribution in [0.25, 0.3) is 0 Å². The van der Waals surface area contributed by atoms with E-state index < -0.39 is 24.7 Å². The summed E-state index contributed by atoms with van der Waals surface area (Å²) in [4.78, 5) is 13.2. The summed E-state index contributed by atoms with van der Waals surface area (Å²) in [5.41, 5.74) is 0.948. The Bertz CT molecular complexity index is 566. The van der Waals surface area contributed by atoms with Crippen molar-refractivity contribution in [3.8, 4) is 5.75 Å². The average Bonchev–Trinajstić information content (AvgIpc) is 2.60. The van der Waals surface area contributed by atoms with Gasteiger partial charge in [0.1, 0.15) is 11.8 Å². The summed E-state index contributed by atoms with van der Waals surface area (Å²) in [6.45, 7) is 2.82. The number of carbonyl (C=O) groups excluding carboxylic acids is 1. The summed E-state index contributed by atoms with van der Waals surface area (Å²) >= 11 is 0. The second-order valence-electron chi connectivity index (χ2n) is 5.90. The Morgan fingerprint density at radius 2 is 1.96 bits per heavy atom. The molecule has 0 bridgehead atoms. The van der Waals surface area contributed by atoms with Gasteiger partial charge in [-0.15, -0.1) is 12.4 Å². The molecular weight excluding hydrogens is 371 g/mol. The number of alkyl halides is 3. The highest BCUT2D eigenvalue weighted by molar-refractivity contribution is 5.85. The lowest BCUT2D eigenvalue weighted by Crippen LogP contribution is -2.57. The molecule has 26 heavy (non-hydrogen) atoms. The van der Waals surface area contributed by atoms with Crippen LogP contribution in [0.2, 0.25) is 0 Å². The van der Waals surface area contributed by atoms with Crippen LogP contribution in [0.15, 0.2) is 24.3 Å². The number of nitrogens with zero attached hydrogens (tertiary/aromatic N) is 1. The van der Waals surface area contributed by atoms with Crippen molar-refractivity contribution >= 4 is 18.3 Å². The molecule has 1 aromatic carbocycles. The van der Waals surface area contributed by atoms with Gasteiger partial charge in [0.25, 0.3) is 5.91 Å². The first-order valence-electron chi connectivity index (χ1n) is 8.40. The molecule has 2 rings (SSSR count). The number of hydrogen-bond acceptors (Lipinski definition) is 4. The summed E-state index contributed by atoms with van der Waals surface area (Å²) in [5.74, 6) is 0.0184. The molecule has 148 valence electrons. The van der Waals surface area contributed by atoms with E-state index in [0.29, 0.717) is 31.9 Å². The molecule has 1 saturated heterocycles. The van der Waals surface area contributed by atoms with Crippen molar-refractivity contribution in [1.82, 2.24) is 15.5 Å². The van der Waals surface area contributed by atoms with E-state index >= 15 is 0 Å². The number of carbonyl (C=O) groups is 1. The second-order valence-corrected chi connectivity index (χ2v) is 5.90. The molecule has 5 nitrogen and oxygen atoms in total. The molecule has 0 spiro atoms. The fourth-order valence-corrected chi connectivity index (χ4v) is 2.79. The van der Waals surface area contributed by atoms with E-state index in [1.54, 1.807) is 12.1 Å². The monoisotopic (exact) mass is 395 g/mol. The number of piperazine rings is 1. The highest BCUT2D eigenvalue weighted by Crippen LogP contribution is 2.24. The van der Waals surface area contributed by atoms with Crippen molar-refractivity contribution in [3.05, 3.63) is 29.8 Å². The number of rotatable bonds is 7. The maximum absolute atomic E-state index is 13.3. The Morgan fingerprint density at radius 3 is 2.58 bits per heavy atom. The number of benzene rings is 1. The van der Waals surface area contributed by atoms with Crippen molar-refractivity contribution < 1.29 is 22.7 Å². The Hall–Kier alpha value is -1.51. The van der Waals surface area contributed by atoms with E-state index in [0.717, 1.165) is 12.0 Å². The fourth-order valence-electron chi connectivity index (χ4n) is 2.79. The predicted molar refractivity (Wildman–Crippen MR) is 95.9 cm³/mol. The molecule has 0 aromatic heterocycles. The summed E-state index contributed by atoms with van der Waals surface area (Å²) in [6.07, 6.45) is -3.64. The van der Waals surface area contributed by atoms with E-state index in [1.165, 1.54) is 4.90 Å². The lowest BCUT2D eigenvalue weighted by Gasteiger charge is -2.35. The molecule has 1 fully saturated rings. The zero-order valence-corrected chi connectivity index (χ0v) is 15.5. The van der Waals surface area contributed by atoms with Crippen LogP contribution in [-0.4, -0.2) is 62.4 Å². The van der Waals surface area contributed by atoms with Crippen LogP contribution in [0.1, 0.15) is 12.5 Å². The summed E-state index contributed by atoms with van der Waals surface area (Å²) < 4.78 is 45.2. The Morgan fingerprint density at radius 1 is 1.31 bits per heavy atom. The lowest BCUT2D eigenvalue weighted by atomic mass is 10.1. The van der Waals surface area contributed by atoms with Gasteiger partial charge in [-0.2, -0.15) is 13.2 Å². The van der Waals surface area contributed by atoms with Gasteiger partial charge in [0.05, 0.1) is 0 Å². The number of hydrogen-bond donors (Lipinski definition) is 2. The van der Waals surface area contributed by atoms with Crippen LogP contribution in [0, 0.1) is 0 Å². The van der Waals surface area contributed by atoms with Gasteiger partial charge in [0, 0.05) is 32.7 Å². The number of ether oxygens (including phenoxy) is 1. The van der Waals surface area contributed by atoms with Crippen LogP contribution < -0.4 is 15.4 Å². The number of para-hydroxylation sites is 1. The first-order valence-corrected chi connectivity index (χ1v) is 8.40. The maximum atomic E-state index is 13.3. The van der Waals surface area contributed by atoms with Crippen LogP contribution in [-0.2, 0) is 11.2 Å². The van der Waals surface area contributed by atoms with Gasteiger partial charge < -0.3 is 15.4 Å². The maximum Gasteiger partial charge on any atom is 0.405 e. The van der Waals surface area contributed by atoms with Crippen molar-refractivity contribution in [3.63, 3.8) is 0 Å². The molecule has 1 aromatic rings. The van der Waals surface area contributed by atoms with Crippen molar-refractivity contribution in [2.45, 2.75) is 25.6 Å². The minimum Gasteiger partial charge on any atom is -0.483 e. The Kier molecular flexibility index (Phi) is 9.18. The fraction of sp³-hybridized carbons (Fsp3) is 0.588. The molecule has 1 heterocycles. The number of aryl methyl sites for hydroxylation is 1. The summed E-state index contributed by atoms with van der Waals surface area (Å²) in [6, 6.07) is 5.60. The topological polar surface area (TPSA) is 53.6 Å². The van der Waals surface area contributed by atoms with Gasteiger partial charge in [-0.3, -0.25) is 9.69 Å². The standard InChI is InChI=1S/C17H24F3N3O2.ClH/c1-2-13-5-3-4-6-14(13)25-12-16(24)22-11-15(17(18,19)20)23-9-7-21-8-10-23;/h3-6,15,21H,2,7-12H2,1H3,(H,22,24);1H. The molecule has 1 aliphatic rings. The van der Waals surface area contributed by atoms with Gasteiger partial charge >= 0.3 is 6.18 Å². The molecule has 1 unspecified atom stereocenters. The highest BCUT2D eigenvalue weighted by atomic mass is 35.5. The van der Waals surface area contributed by atoms with Gasteiger partial charge in [-0.05, 0) is 18.1 Å². The molecule has 0 saturated carbocycles. The first kappa shape index (κ1) is 22.5. The Labute approximate surface area is 157 Å². The van der Waals surface area contributed by atoms with E-state index in [-0.39, 0.29) is 19.0 Å². The molecule has 1 amide bonds. The molecule has 0 aliphatic carbocycles. The van der Waals surface area contributed by atoms with Gasteiger partial charge in [0.15, 0.2) is 6.61 Å². The van der Waals surface area contributed by atoms with Crippen LogP contribution in [0.5, 0.6) is 5.75 Å². The Balaban J connectivity index is 0.00000338. The third-order valence-electron chi connectivity index (χ3n) is 4.18. The third kappa shape index (κ3) is 6.66. The second kappa shape index (κ2) is 10.6. The van der Waals surface area contributed by atoms with Crippen LogP contribution in [0.3, 0.4) is 0 Å². The van der Waals surface area contributed by atoms with Crippen molar-refractivity contribution in [2.75, 3.05) is 39.3 Å². The number of nitrogens with one attached hydrogen (secondary N) is 2. The molecule has 1 atom stereocenters. The number of amides is 1. The lowest BCUT2D eigenvalue weighted by molar-refractivity contribution is -0.184. The number of halogens is 4. The van der Waals surface area contributed by atoms with Gasteiger partial charge in [-0.25, -0.2) is 0 Å². The smallest absolute Gasteiger partial charge is 0.405 e. The highest BCUT2D eigenvalue weighted by Gasteiger charge is 2.43. The quantitative estimate of drug-likeness (QED) is 0.741. The normalized spacial score (nSPS) is 16.5. The largest absolute Gasteiger partial charge is 0.483 e. The molecule has 0 radical (unpaired) electrons. The molecular formula is C17H25ClF3N3O2. The van der Waals surface area contributed by atoms with E-state index in [9.17, 15) is 18.0 Å². The average molecular weight is 396 g/mol. The van der Waals surface area contributed by atoms with Gasteiger partial charge in [-0.1, -0.05) is 25.1 Å². The zero-order chi connectivity index (χ0) is 18.3. The van der Waals surface area contributed by atoms with Crippen LogP contribution in [0.4, 0.5) is 13.2 Å². The predicted octanol–water partition coefficient (Wildman–Crippen LogP) is 2.00. The van der Waals surface area contributed by atoms with Gasteiger partial charge in [0.2, 0.25) is 0 Å². The summed E-state index contributed by atoms with van der Waals surface area (Å²) in [7, 11) is 0. The third-order valence-corrected chi connectivity index (χ3v) is 4.18. The SMILES string of the molecule is CCc1ccccc1OCC(=O)NCC(N1CCNCC1)C(F)(F)F.Cl. The van der Waals surface area contributed by atoms with E-state index in [1.807, 2.05) is 19.1 Å². The van der Waals surface area contributed by atoms with Crippen molar-refractivity contribution in [2.24, 2.45) is 0 Å². The minimum absolute atomic E-state index is 0. The first-order chi connectivity index (χ1) is 11.9. The molecule has 2 N–H and O–H groups in total. The van der Waals surface area contributed by atoms with E-state index in [4.69, 9.17) is 4.74 Å². The summed E-state index contributed by atoms with van der Waals surface area (Å²) in [5, 5.41) is 5.37. The van der Waals surface area contributed by atoms with Crippen LogP contribution >= 0.6 is 12.4 Å². The van der Waals surface area contributed by atoms with E-state index in [2.05, 4.69) is 10.6 Å².